The number of aliphatic carboxylic acids is 1. The van der Waals surface area contributed by atoms with Gasteiger partial charge in [0.2, 0.25) is 0 Å². The molecule has 1 unspecified atom stereocenters. The van der Waals surface area contributed by atoms with E-state index in [9.17, 15) is 9.90 Å². The van der Waals surface area contributed by atoms with Crippen molar-refractivity contribution in [2.45, 2.75) is 52.0 Å². The highest BCUT2D eigenvalue weighted by atomic mass is 16.4. The molecule has 0 bridgehead atoms. The van der Waals surface area contributed by atoms with E-state index in [4.69, 9.17) is 5.73 Å². The molecule has 1 aliphatic carbocycles. The number of nitrogens with zero attached hydrogens (tertiary/aromatic N) is 2. The van der Waals surface area contributed by atoms with Crippen molar-refractivity contribution >= 4 is 5.97 Å². The standard InChI is InChI=1S/C15H25N3O2/c1-3-13(4-2)18-8-7-12(17-18)9-15(10-16,14(19)20)11-5-6-11/h7-8,11,13H,3-6,9-10,16H2,1-2H3,(H,19,20). The van der Waals surface area contributed by atoms with Gasteiger partial charge in [-0.3, -0.25) is 9.48 Å². The molecular formula is C15H25N3O2. The highest BCUT2D eigenvalue weighted by Gasteiger charge is 2.50. The molecule has 1 fully saturated rings. The molecule has 2 rings (SSSR count). The SMILES string of the molecule is CCC(CC)n1ccc(CC(CN)(C(=O)O)C2CC2)n1. The topological polar surface area (TPSA) is 81.1 Å². The maximum atomic E-state index is 11.7. The van der Waals surface area contributed by atoms with E-state index in [0.717, 1.165) is 31.4 Å². The number of hydrogen-bond donors (Lipinski definition) is 2. The number of nitrogens with two attached hydrogens (primary N) is 1. The van der Waals surface area contributed by atoms with E-state index in [1.165, 1.54) is 0 Å². The van der Waals surface area contributed by atoms with Gasteiger partial charge in [0.15, 0.2) is 0 Å². The smallest absolute Gasteiger partial charge is 0.311 e. The van der Waals surface area contributed by atoms with Gasteiger partial charge in [0.1, 0.15) is 0 Å². The third kappa shape index (κ3) is 2.73. The average Bonchev–Trinajstić information content (AvgIpc) is 3.19. The van der Waals surface area contributed by atoms with Crippen LogP contribution in [0.1, 0.15) is 51.3 Å². The normalized spacial score (nSPS) is 18.2. The molecule has 1 aliphatic rings. The number of carbonyl (C=O) groups is 1. The fraction of sp³-hybridized carbons (Fsp3) is 0.733. The molecule has 0 aliphatic heterocycles. The van der Waals surface area contributed by atoms with Crippen LogP contribution in [0.2, 0.25) is 0 Å². The summed E-state index contributed by atoms with van der Waals surface area (Å²) in [4.78, 5) is 11.7. The summed E-state index contributed by atoms with van der Waals surface area (Å²) in [5, 5.41) is 14.2. The Balaban J connectivity index is 2.17. The minimum Gasteiger partial charge on any atom is -0.481 e. The Morgan fingerprint density at radius 1 is 1.55 bits per heavy atom. The van der Waals surface area contributed by atoms with Crippen molar-refractivity contribution < 1.29 is 9.90 Å². The molecule has 1 heterocycles. The zero-order valence-electron chi connectivity index (χ0n) is 12.4. The summed E-state index contributed by atoms with van der Waals surface area (Å²) in [5.74, 6) is -0.567. The molecule has 1 saturated carbocycles. The summed E-state index contributed by atoms with van der Waals surface area (Å²) in [5.41, 5.74) is 5.82. The maximum Gasteiger partial charge on any atom is 0.311 e. The van der Waals surface area contributed by atoms with Crippen LogP contribution in [-0.2, 0) is 11.2 Å². The van der Waals surface area contributed by atoms with Crippen LogP contribution in [0.15, 0.2) is 12.3 Å². The van der Waals surface area contributed by atoms with Crippen LogP contribution >= 0.6 is 0 Å². The minimum absolute atomic E-state index is 0.185. The summed E-state index contributed by atoms with van der Waals surface area (Å²) >= 11 is 0. The van der Waals surface area contributed by atoms with Crippen LogP contribution in [0, 0.1) is 11.3 Å². The Morgan fingerprint density at radius 3 is 2.65 bits per heavy atom. The van der Waals surface area contributed by atoms with E-state index in [2.05, 4.69) is 18.9 Å². The minimum atomic E-state index is -0.826. The van der Waals surface area contributed by atoms with Gasteiger partial charge < -0.3 is 10.8 Å². The highest BCUT2D eigenvalue weighted by Crippen LogP contribution is 2.47. The van der Waals surface area contributed by atoms with Crippen molar-refractivity contribution in [2.75, 3.05) is 6.54 Å². The molecule has 0 spiro atoms. The predicted molar refractivity (Wildman–Crippen MR) is 77.4 cm³/mol. The van der Waals surface area contributed by atoms with Crippen LogP contribution in [0.5, 0.6) is 0 Å². The molecule has 5 nitrogen and oxygen atoms in total. The van der Waals surface area contributed by atoms with Gasteiger partial charge in [-0.25, -0.2) is 0 Å². The summed E-state index contributed by atoms with van der Waals surface area (Å²) in [6.45, 7) is 4.47. The van der Waals surface area contributed by atoms with Crippen LogP contribution in [-0.4, -0.2) is 27.4 Å². The lowest BCUT2D eigenvalue weighted by atomic mass is 9.78. The van der Waals surface area contributed by atoms with Gasteiger partial charge in [0.05, 0.1) is 17.2 Å². The van der Waals surface area contributed by atoms with E-state index in [1.807, 2.05) is 16.9 Å². The Labute approximate surface area is 120 Å². The Bertz CT molecular complexity index is 463. The van der Waals surface area contributed by atoms with Gasteiger partial charge >= 0.3 is 5.97 Å². The molecule has 5 heteroatoms. The monoisotopic (exact) mass is 279 g/mol. The molecule has 0 radical (unpaired) electrons. The number of aromatic nitrogens is 2. The third-order valence-corrected chi connectivity index (χ3v) is 4.63. The lowest BCUT2D eigenvalue weighted by Crippen LogP contribution is -2.42. The van der Waals surface area contributed by atoms with Gasteiger partial charge in [0.25, 0.3) is 0 Å². The van der Waals surface area contributed by atoms with Crippen molar-refractivity contribution in [2.24, 2.45) is 17.1 Å². The van der Waals surface area contributed by atoms with Crippen LogP contribution in [0.3, 0.4) is 0 Å². The molecule has 0 amide bonds. The van der Waals surface area contributed by atoms with Gasteiger partial charge in [-0.15, -0.1) is 0 Å². The van der Waals surface area contributed by atoms with Crippen molar-refractivity contribution in [3.05, 3.63) is 18.0 Å². The number of carboxylic acids is 1. The van der Waals surface area contributed by atoms with Crippen LogP contribution in [0.4, 0.5) is 0 Å². The predicted octanol–water partition coefficient (Wildman–Crippen LogP) is 2.23. The second kappa shape index (κ2) is 5.95. The fourth-order valence-electron chi connectivity index (χ4n) is 3.02. The van der Waals surface area contributed by atoms with Crippen molar-refractivity contribution in [3.8, 4) is 0 Å². The summed E-state index contributed by atoms with van der Waals surface area (Å²) in [6, 6.07) is 2.33. The number of hydrogen-bond acceptors (Lipinski definition) is 3. The Kier molecular flexibility index (Phi) is 4.48. The maximum absolute atomic E-state index is 11.7. The second-order valence-corrected chi connectivity index (χ2v) is 5.87. The summed E-state index contributed by atoms with van der Waals surface area (Å²) < 4.78 is 1.96. The van der Waals surface area contributed by atoms with E-state index >= 15 is 0 Å². The molecule has 1 aromatic rings. The first-order chi connectivity index (χ1) is 9.57. The van der Waals surface area contributed by atoms with Crippen molar-refractivity contribution in [3.63, 3.8) is 0 Å². The van der Waals surface area contributed by atoms with Gasteiger partial charge in [-0.05, 0) is 37.7 Å². The van der Waals surface area contributed by atoms with E-state index in [-0.39, 0.29) is 12.5 Å². The van der Waals surface area contributed by atoms with Gasteiger partial charge in [-0.2, -0.15) is 5.10 Å². The van der Waals surface area contributed by atoms with Crippen LogP contribution < -0.4 is 5.73 Å². The van der Waals surface area contributed by atoms with Crippen molar-refractivity contribution in [1.29, 1.82) is 0 Å². The third-order valence-electron chi connectivity index (χ3n) is 4.63. The quantitative estimate of drug-likeness (QED) is 0.764. The Morgan fingerprint density at radius 2 is 2.20 bits per heavy atom. The molecule has 1 atom stereocenters. The van der Waals surface area contributed by atoms with E-state index in [1.54, 1.807) is 0 Å². The molecule has 0 saturated heterocycles. The first-order valence-corrected chi connectivity index (χ1v) is 7.54. The Hall–Kier alpha value is -1.36. The molecule has 3 N–H and O–H groups in total. The zero-order chi connectivity index (χ0) is 14.8. The van der Waals surface area contributed by atoms with Crippen LogP contribution in [0.25, 0.3) is 0 Å². The molecular weight excluding hydrogens is 254 g/mol. The van der Waals surface area contributed by atoms with E-state index < -0.39 is 11.4 Å². The highest BCUT2D eigenvalue weighted by molar-refractivity contribution is 5.76. The number of carboxylic acid groups (broad SMARTS) is 1. The van der Waals surface area contributed by atoms with Gasteiger partial charge in [0, 0.05) is 19.2 Å². The first-order valence-electron chi connectivity index (χ1n) is 7.54. The zero-order valence-corrected chi connectivity index (χ0v) is 12.4. The van der Waals surface area contributed by atoms with Gasteiger partial charge in [-0.1, -0.05) is 13.8 Å². The first kappa shape index (κ1) is 15.0. The summed E-state index contributed by atoms with van der Waals surface area (Å²) in [6.07, 6.45) is 6.40. The fourth-order valence-corrected chi connectivity index (χ4v) is 3.02. The second-order valence-electron chi connectivity index (χ2n) is 5.87. The average molecular weight is 279 g/mol. The lowest BCUT2D eigenvalue weighted by Gasteiger charge is -2.27. The molecule has 0 aromatic carbocycles. The molecule has 20 heavy (non-hydrogen) atoms. The summed E-state index contributed by atoms with van der Waals surface area (Å²) in [7, 11) is 0. The number of rotatable bonds is 8. The van der Waals surface area contributed by atoms with Crippen molar-refractivity contribution in [1.82, 2.24) is 9.78 Å². The van der Waals surface area contributed by atoms with E-state index in [0.29, 0.717) is 12.5 Å². The molecule has 1 aromatic heterocycles. The molecule has 112 valence electrons. The lowest BCUT2D eigenvalue weighted by molar-refractivity contribution is -0.149. The largest absolute Gasteiger partial charge is 0.481 e.